The lowest BCUT2D eigenvalue weighted by atomic mass is 9.87. The number of hydrogen-bond donors (Lipinski definition) is 1. The lowest BCUT2D eigenvalue weighted by Gasteiger charge is -2.25. The Bertz CT molecular complexity index is 571. The van der Waals surface area contributed by atoms with Crippen molar-refractivity contribution in [3.8, 4) is 0 Å². The average Bonchev–Trinajstić information content (AvgIpc) is 3.13. The van der Waals surface area contributed by atoms with Crippen LogP contribution in [0.4, 0.5) is 8.78 Å². The Labute approximate surface area is 158 Å². The van der Waals surface area contributed by atoms with E-state index in [1.807, 2.05) is 6.92 Å². The van der Waals surface area contributed by atoms with Crippen molar-refractivity contribution in [3.05, 3.63) is 35.4 Å². The standard InChI is InChI=1S/C17H23F2N3O.HI/c1-2-20-16(21-10-13-7-14(18)9-15(19)8-13)22-5-3-17(11-22)4-6-23-12-17;/h7-9H,2-6,10-12H2,1H3,(H,20,21);1H. The smallest absolute Gasteiger partial charge is 0.194 e. The van der Waals surface area contributed by atoms with Crippen molar-refractivity contribution in [2.24, 2.45) is 10.4 Å². The van der Waals surface area contributed by atoms with E-state index in [0.717, 1.165) is 57.7 Å². The van der Waals surface area contributed by atoms with E-state index in [1.165, 1.54) is 12.1 Å². The van der Waals surface area contributed by atoms with Gasteiger partial charge in [0.1, 0.15) is 11.6 Å². The molecule has 2 aliphatic heterocycles. The predicted octanol–water partition coefficient (Wildman–Crippen LogP) is 3.16. The summed E-state index contributed by atoms with van der Waals surface area (Å²) in [7, 11) is 0. The third kappa shape index (κ3) is 4.56. The highest BCUT2D eigenvalue weighted by molar-refractivity contribution is 14.0. The van der Waals surface area contributed by atoms with E-state index in [9.17, 15) is 8.78 Å². The van der Waals surface area contributed by atoms with Crippen molar-refractivity contribution in [1.29, 1.82) is 0 Å². The van der Waals surface area contributed by atoms with Crippen molar-refractivity contribution in [2.75, 3.05) is 32.8 Å². The van der Waals surface area contributed by atoms with Gasteiger partial charge in [-0.1, -0.05) is 0 Å². The van der Waals surface area contributed by atoms with Crippen LogP contribution < -0.4 is 5.32 Å². The van der Waals surface area contributed by atoms with E-state index >= 15 is 0 Å². The summed E-state index contributed by atoms with van der Waals surface area (Å²) >= 11 is 0. The van der Waals surface area contributed by atoms with Crippen LogP contribution in [0.1, 0.15) is 25.3 Å². The van der Waals surface area contributed by atoms with Crippen molar-refractivity contribution < 1.29 is 13.5 Å². The maximum atomic E-state index is 13.3. The molecule has 24 heavy (non-hydrogen) atoms. The lowest BCUT2D eigenvalue weighted by Crippen LogP contribution is -2.41. The predicted molar refractivity (Wildman–Crippen MR) is 101 cm³/mol. The summed E-state index contributed by atoms with van der Waals surface area (Å²) in [5.74, 6) is -0.326. The van der Waals surface area contributed by atoms with E-state index in [0.29, 0.717) is 5.56 Å². The molecule has 134 valence electrons. The molecule has 2 fully saturated rings. The first-order valence-electron chi connectivity index (χ1n) is 8.16. The van der Waals surface area contributed by atoms with Crippen LogP contribution >= 0.6 is 24.0 Å². The molecular formula is C17H24F2IN3O. The van der Waals surface area contributed by atoms with Crippen molar-refractivity contribution in [1.82, 2.24) is 10.2 Å². The van der Waals surface area contributed by atoms with E-state index in [1.54, 1.807) is 0 Å². The zero-order valence-electron chi connectivity index (χ0n) is 13.9. The molecule has 0 aromatic heterocycles. The molecule has 0 radical (unpaired) electrons. The van der Waals surface area contributed by atoms with Gasteiger partial charge in [0.15, 0.2) is 5.96 Å². The molecule has 0 saturated carbocycles. The fourth-order valence-electron chi connectivity index (χ4n) is 3.38. The van der Waals surface area contributed by atoms with Crippen LogP contribution in [0.15, 0.2) is 23.2 Å². The van der Waals surface area contributed by atoms with E-state index in [2.05, 4.69) is 15.2 Å². The molecule has 2 aliphatic rings. The minimum atomic E-state index is -0.566. The van der Waals surface area contributed by atoms with Crippen LogP contribution in [-0.2, 0) is 11.3 Å². The number of ether oxygens (including phenoxy) is 1. The summed E-state index contributed by atoms with van der Waals surface area (Å²) in [4.78, 5) is 6.79. The van der Waals surface area contributed by atoms with Crippen molar-refractivity contribution in [3.63, 3.8) is 0 Å². The van der Waals surface area contributed by atoms with Gasteiger partial charge in [-0.15, -0.1) is 24.0 Å². The average molecular weight is 451 g/mol. The minimum absolute atomic E-state index is 0. The summed E-state index contributed by atoms with van der Waals surface area (Å²) in [6.45, 7) is 6.56. The third-order valence-corrected chi connectivity index (χ3v) is 4.59. The minimum Gasteiger partial charge on any atom is -0.381 e. The summed E-state index contributed by atoms with van der Waals surface area (Å²) in [5, 5.41) is 3.28. The highest BCUT2D eigenvalue weighted by Crippen LogP contribution is 2.38. The maximum Gasteiger partial charge on any atom is 0.194 e. The number of nitrogens with one attached hydrogen (secondary N) is 1. The molecule has 1 aromatic rings. The van der Waals surface area contributed by atoms with Gasteiger partial charge in [0, 0.05) is 37.7 Å². The molecular weight excluding hydrogens is 427 g/mol. The molecule has 7 heteroatoms. The number of nitrogens with zero attached hydrogens (tertiary/aromatic N) is 2. The number of likely N-dealkylation sites (tertiary alicyclic amines) is 1. The first-order valence-corrected chi connectivity index (χ1v) is 8.16. The molecule has 1 spiro atoms. The zero-order chi connectivity index (χ0) is 16.3. The molecule has 2 saturated heterocycles. The molecule has 1 N–H and O–H groups in total. The molecule has 1 atom stereocenters. The largest absolute Gasteiger partial charge is 0.381 e. The Morgan fingerprint density at radius 2 is 2.04 bits per heavy atom. The highest BCUT2D eigenvalue weighted by atomic mass is 127. The molecule has 0 aliphatic carbocycles. The fraction of sp³-hybridized carbons (Fsp3) is 0.588. The van der Waals surface area contributed by atoms with E-state index < -0.39 is 11.6 Å². The maximum absolute atomic E-state index is 13.3. The molecule has 0 bridgehead atoms. The van der Waals surface area contributed by atoms with Gasteiger partial charge in [0.2, 0.25) is 0 Å². The van der Waals surface area contributed by atoms with Gasteiger partial charge >= 0.3 is 0 Å². The van der Waals surface area contributed by atoms with Gasteiger partial charge in [0.05, 0.1) is 13.2 Å². The third-order valence-electron chi connectivity index (χ3n) is 4.59. The van der Waals surface area contributed by atoms with E-state index in [4.69, 9.17) is 4.74 Å². The molecule has 0 amide bonds. The van der Waals surface area contributed by atoms with Crippen LogP contribution in [0.25, 0.3) is 0 Å². The number of benzene rings is 1. The number of guanidine groups is 1. The SMILES string of the molecule is CCNC(=NCc1cc(F)cc(F)c1)N1CCC2(CCOC2)C1.I. The monoisotopic (exact) mass is 451 g/mol. The molecule has 3 rings (SSSR count). The molecule has 1 unspecified atom stereocenters. The van der Waals surface area contributed by atoms with Crippen LogP contribution in [0.2, 0.25) is 0 Å². The van der Waals surface area contributed by atoms with Gasteiger partial charge in [-0.2, -0.15) is 0 Å². The Hall–Kier alpha value is -0.960. The highest BCUT2D eigenvalue weighted by Gasteiger charge is 2.42. The van der Waals surface area contributed by atoms with Gasteiger partial charge in [0.25, 0.3) is 0 Å². The normalized spacial score (nSPS) is 23.6. The Morgan fingerprint density at radius 1 is 1.29 bits per heavy atom. The Kier molecular flexibility index (Phi) is 6.79. The number of hydrogen-bond acceptors (Lipinski definition) is 2. The zero-order valence-corrected chi connectivity index (χ0v) is 16.2. The van der Waals surface area contributed by atoms with Crippen LogP contribution in [0, 0.1) is 17.0 Å². The fourth-order valence-corrected chi connectivity index (χ4v) is 3.38. The van der Waals surface area contributed by atoms with Crippen molar-refractivity contribution in [2.45, 2.75) is 26.3 Å². The van der Waals surface area contributed by atoms with Crippen LogP contribution in [0.5, 0.6) is 0 Å². The van der Waals surface area contributed by atoms with E-state index in [-0.39, 0.29) is 35.9 Å². The number of rotatable bonds is 3. The summed E-state index contributed by atoms with van der Waals surface area (Å²) in [6.07, 6.45) is 2.20. The molecule has 1 aromatic carbocycles. The van der Waals surface area contributed by atoms with Gasteiger partial charge in [-0.05, 0) is 37.5 Å². The molecule has 2 heterocycles. The van der Waals surface area contributed by atoms with Crippen LogP contribution in [0.3, 0.4) is 0 Å². The van der Waals surface area contributed by atoms with Crippen LogP contribution in [-0.4, -0.2) is 43.7 Å². The second-order valence-corrected chi connectivity index (χ2v) is 6.42. The number of halogens is 3. The summed E-state index contributed by atoms with van der Waals surface area (Å²) in [5.41, 5.74) is 0.789. The number of aliphatic imine (C=N–C) groups is 1. The first-order chi connectivity index (χ1) is 11.1. The molecule has 4 nitrogen and oxygen atoms in total. The Morgan fingerprint density at radius 3 is 2.67 bits per heavy atom. The second kappa shape index (κ2) is 8.42. The lowest BCUT2D eigenvalue weighted by molar-refractivity contribution is 0.156. The summed E-state index contributed by atoms with van der Waals surface area (Å²) < 4.78 is 32.1. The topological polar surface area (TPSA) is 36.9 Å². The summed E-state index contributed by atoms with van der Waals surface area (Å²) in [6, 6.07) is 3.53. The first kappa shape index (κ1) is 19.4. The Balaban J connectivity index is 0.00000208. The van der Waals surface area contributed by atoms with Gasteiger partial charge in [-0.25, -0.2) is 13.8 Å². The van der Waals surface area contributed by atoms with Gasteiger partial charge in [-0.3, -0.25) is 0 Å². The quantitative estimate of drug-likeness (QED) is 0.436. The second-order valence-electron chi connectivity index (χ2n) is 6.42. The van der Waals surface area contributed by atoms with Crippen molar-refractivity contribution >= 4 is 29.9 Å². The van der Waals surface area contributed by atoms with Gasteiger partial charge < -0.3 is 15.0 Å².